The second kappa shape index (κ2) is 9.23. The van der Waals surface area contributed by atoms with E-state index in [2.05, 4.69) is 24.1 Å². The second-order valence-corrected chi connectivity index (χ2v) is 7.80. The molecular weight excluding hydrogens is 412 g/mol. The first-order valence-corrected chi connectivity index (χ1v) is 10.6. The minimum atomic E-state index is -0.250. The molecule has 3 aromatic carbocycles. The van der Waals surface area contributed by atoms with Crippen LogP contribution in [0.15, 0.2) is 71.1 Å². The van der Waals surface area contributed by atoms with E-state index in [1.807, 2.05) is 42.5 Å². The van der Waals surface area contributed by atoms with E-state index in [-0.39, 0.29) is 12.5 Å². The Labute approximate surface area is 186 Å². The Bertz CT molecular complexity index is 1200. The fourth-order valence-corrected chi connectivity index (χ4v) is 3.45. The van der Waals surface area contributed by atoms with Crippen molar-refractivity contribution in [2.75, 3.05) is 11.9 Å². The first kappa shape index (κ1) is 20.9. The third kappa shape index (κ3) is 4.89. The number of ether oxygens (including phenoxy) is 1. The van der Waals surface area contributed by atoms with Gasteiger partial charge in [0, 0.05) is 5.69 Å². The Morgan fingerprint density at radius 1 is 1.13 bits per heavy atom. The van der Waals surface area contributed by atoms with E-state index in [1.54, 1.807) is 24.3 Å². The lowest BCUT2D eigenvalue weighted by Gasteiger charge is -2.11. The van der Waals surface area contributed by atoms with Gasteiger partial charge in [0.05, 0.1) is 10.6 Å². The summed E-state index contributed by atoms with van der Waals surface area (Å²) in [5.74, 6) is 1.36. The van der Waals surface area contributed by atoms with E-state index in [0.29, 0.717) is 39.4 Å². The third-order valence-electron chi connectivity index (χ3n) is 5.21. The highest BCUT2D eigenvalue weighted by molar-refractivity contribution is 6.33. The number of carbonyl (C=O) groups excluding carboxylic acids is 1. The summed E-state index contributed by atoms with van der Waals surface area (Å²) >= 11 is 6.23. The molecule has 0 radical (unpaired) electrons. The fraction of sp³-hybridized carbons (Fsp3) is 0.200. The van der Waals surface area contributed by atoms with E-state index >= 15 is 0 Å². The molecule has 158 valence electrons. The smallest absolute Gasteiger partial charge is 0.262 e. The number of fused-ring (bicyclic) bond motifs is 1. The largest absolute Gasteiger partial charge is 0.484 e. The maximum atomic E-state index is 12.3. The molecule has 1 heterocycles. The molecule has 31 heavy (non-hydrogen) atoms. The molecular formula is C25H23ClN2O3. The number of aromatic nitrogens is 1. The van der Waals surface area contributed by atoms with E-state index in [1.165, 1.54) is 5.56 Å². The number of hydrogen-bond acceptors (Lipinski definition) is 4. The Morgan fingerprint density at radius 3 is 2.65 bits per heavy atom. The fourth-order valence-electron chi connectivity index (χ4n) is 3.23. The van der Waals surface area contributed by atoms with Crippen molar-refractivity contribution in [3.05, 3.63) is 77.3 Å². The number of rotatable bonds is 7. The van der Waals surface area contributed by atoms with E-state index in [0.717, 1.165) is 12.0 Å². The summed E-state index contributed by atoms with van der Waals surface area (Å²) in [5.41, 5.74) is 3.85. The van der Waals surface area contributed by atoms with Gasteiger partial charge in [-0.1, -0.05) is 49.7 Å². The number of halogens is 1. The number of nitrogens with one attached hydrogen (secondary N) is 1. The molecule has 4 aromatic rings. The van der Waals surface area contributed by atoms with Crippen LogP contribution in [0.2, 0.25) is 5.02 Å². The molecule has 0 fully saturated rings. The van der Waals surface area contributed by atoms with Crippen molar-refractivity contribution < 1.29 is 13.9 Å². The van der Waals surface area contributed by atoms with Crippen molar-refractivity contribution in [1.82, 2.24) is 4.98 Å². The molecule has 0 aliphatic carbocycles. The Morgan fingerprint density at radius 2 is 1.90 bits per heavy atom. The van der Waals surface area contributed by atoms with Crippen LogP contribution in [0.3, 0.4) is 0 Å². The Hall–Kier alpha value is -3.31. The maximum absolute atomic E-state index is 12.3. The zero-order chi connectivity index (χ0) is 21.8. The van der Waals surface area contributed by atoms with Gasteiger partial charge in [0.25, 0.3) is 5.91 Å². The topological polar surface area (TPSA) is 64.4 Å². The predicted molar refractivity (Wildman–Crippen MR) is 124 cm³/mol. The number of carbonyl (C=O) groups is 1. The molecule has 1 amide bonds. The molecule has 1 unspecified atom stereocenters. The summed E-state index contributed by atoms with van der Waals surface area (Å²) in [6.45, 7) is 4.27. The minimum absolute atomic E-state index is 0.0790. The highest BCUT2D eigenvalue weighted by Crippen LogP contribution is 2.30. The van der Waals surface area contributed by atoms with Crippen molar-refractivity contribution in [1.29, 1.82) is 0 Å². The quantitative estimate of drug-likeness (QED) is 0.352. The molecule has 1 aromatic heterocycles. The monoisotopic (exact) mass is 434 g/mol. The van der Waals surface area contributed by atoms with Crippen molar-refractivity contribution in [2.45, 2.75) is 26.2 Å². The van der Waals surface area contributed by atoms with Crippen LogP contribution >= 0.6 is 11.6 Å². The molecule has 6 heteroatoms. The second-order valence-electron chi connectivity index (χ2n) is 7.40. The van der Waals surface area contributed by atoms with Gasteiger partial charge in [-0.15, -0.1) is 0 Å². The molecule has 1 atom stereocenters. The third-order valence-corrected chi connectivity index (χ3v) is 5.54. The standard InChI is InChI=1S/C25H23ClN2O3/c1-3-16(2)17-8-11-19(12-9-17)30-15-24(29)27-18-10-13-23-22(14-18)28-25(31-23)20-6-4-5-7-21(20)26/h4-14,16H,3,15H2,1-2H3,(H,27,29). The maximum Gasteiger partial charge on any atom is 0.262 e. The predicted octanol–water partition coefficient (Wildman–Crippen LogP) is 6.68. The normalized spacial score (nSPS) is 12.0. The van der Waals surface area contributed by atoms with Crippen LogP contribution in [0.1, 0.15) is 31.7 Å². The average molecular weight is 435 g/mol. The number of anilines is 1. The van der Waals surface area contributed by atoms with Crippen LogP contribution in [-0.2, 0) is 4.79 Å². The summed E-state index contributed by atoms with van der Waals surface area (Å²) in [6.07, 6.45) is 1.08. The molecule has 0 saturated carbocycles. The Balaban J connectivity index is 1.40. The van der Waals surface area contributed by atoms with Crippen LogP contribution in [0.5, 0.6) is 5.75 Å². The molecule has 0 spiro atoms. The van der Waals surface area contributed by atoms with Crippen LogP contribution in [0, 0.1) is 0 Å². The number of benzene rings is 3. The Kier molecular flexibility index (Phi) is 6.23. The van der Waals surface area contributed by atoms with Gasteiger partial charge in [-0.2, -0.15) is 0 Å². The van der Waals surface area contributed by atoms with Gasteiger partial charge >= 0.3 is 0 Å². The van der Waals surface area contributed by atoms with Crippen LogP contribution in [0.4, 0.5) is 5.69 Å². The van der Waals surface area contributed by atoms with Crippen molar-refractivity contribution in [2.24, 2.45) is 0 Å². The van der Waals surface area contributed by atoms with E-state index in [9.17, 15) is 4.79 Å². The molecule has 0 saturated heterocycles. The number of hydrogen-bond donors (Lipinski definition) is 1. The summed E-state index contributed by atoms with van der Waals surface area (Å²) in [5, 5.41) is 3.40. The average Bonchev–Trinajstić information content (AvgIpc) is 3.21. The molecule has 0 aliphatic heterocycles. The summed E-state index contributed by atoms with van der Waals surface area (Å²) < 4.78 is 11.4. The van der Waals surface area contributed by atoms with Gasteiger partial charge in [0.2, 0.25) is 5.89 Å². The summed E-state index contributed by atoms with van der Waals surface area (Å²) in [4.78, 5) is 16.8. The van der Waals surface area contributed by atoms with Gasteiger partial charge in [-0.3, -0.25) is 4.79 Å². The lowest BCUT2D eigenvalue weighted by atomic mass is 9.99. The molecule has 5 nitrogen and oxygen atoms in total. The summed E-state index contributed by atoms with van der Waals surface area (Å²) in [6, 6.07) is 20.5. The van der Waals surface area contributed by atoms with Crippen molar-refractivity contribution >= 4 is 34.3 Å². The minimum Gasteiger partial charge on any atom is -0.484 e. The highest BCUT2D eigenvalue weighted by atomic mass is 35.5. The van der Waals surface area contributed by atoms with Gasteiger partial charge in [-0.05, 0) is 60.4 Å². The van der Waals surface area contributed by atoms with Crippen LogP contribution in [0.25, 0.3) is 22.6 Å². The van der Waals surface area contributed by atoms with Gasteiger partial charge in [0.15, 0.2) is 12.2 Å². The first-order valence-electron chi connectivity index (χ1n) is 10.2. The molecule has 1 N–H and O–H groups in total. The van der Waals surface area contributed by atoms with Crippen molar-refractivity contribution in [3.63, 3.8) is 0 Å². The van der Waals surface area contributed by atoms with E-state index in [4.69, 9.17) is 20.8 Å². The lowest BCUT2D eigenvalue weighted by molar-refractivity contribution is -0.118. The lowest BCUT2D eigenvalue weighted by Crippen LogP contribution is -2.20. The molecule has 0 bridgehead atoms. The SMILES string of the molecule is CCC(C)c1ccc(OCC(=O)Nc2ccc3oc(-c4ccccc4Cl)nc3c2)cc1. The van der Waals surface area contributed by atoms with E-state index < -0.39 is 0 Å². The molecule has 4 rings (SSSR count). The summed E-state index contributed by atoms with van der Waals surface area (Å²) in [7, 11) is 0. The van der Waals surface area contributed by atoms with Gasteiger partial charge < -0.3 is 14.5 Å². The first-order chi connectivity index (χ1) is 15.0. The zero-order valence-electron chi connectivity index (χ0n) is 17.4. The van der Waals surface area contributed by atoms with Gasteiger partial charge in [0.1, 0.15) is 11.3 Å². The number of oxazole rings is 1. The van der Waals surface area contributed by atoms with Crippen LogP contribution < -0.4 is 10.1 Å². The highest BCUT2D eigenvalue weighted by Gasteiger charge is 2.12. The number of amides is 1. The van der Waals surface area contributed by atoms with Crippen molar-refractivity contribution in [3.8, 4) is 17.2 Å². The number of nitrogens with zero attached hydrogens (tertiary/aromatic N) is 1. The van der Waals surface area contributed by atoms with Gasteiger partial charge in [-0.25, -0.2) is 4.98 Å². The zero-order valence-corrected chi connectivity index (χ0v) is 18.1. The van der Waals surface area contributed by atoms with Crippen LogP contribution in [-0.4, -0.2) is 17.5 Å². The molecule has 0 aliphatic rings.